The van der Waals surface area contributed by atoms with Crippen molar-refractivity contribution < 1.29 is 14.7 Å². The quantitative estimate of drug-likeness (QED) is 0.855. The summed E-state index contributed by atoms with van der Waals surface area (Å²) in [4.78, 5) is 23.0. The highest BCUT2D eigenvalue weighted by Gasteiger charge is 2.26. The molecule has 6 nitrogen and oxygen atoms in total. The van der Waals surface area contributed by atoms with Crippen LogP contribution in [-0.4, -0.2) is 33.3 Å². The third kappa shape index (κ3) is 3.72. The molecular weight excluding hydrogens is 282 g/mol. The van der Waals surface area contributed by atoms with E-state index in [1.165, 1.54) is 0 Å². The lowest BCUT2D eigenvalue weighted by molar-refractivity contribution is -0.147. The molecule has 1 aromatic heterocycles. The Hall–Kier alpha value is -2.63. The molecule has 0 bridgehead atoms. The molecule has 1 heterocycles. The predicted octanol–water partition coefficient (Wildman–Crippen LogP) is 2.10. The highest BCUT2D eigenvalue weighted by Crippen LogP contribution is 2.19. The van der Waals surface area contributed by atoms with Gasteiger partial charge in [0.1, 0.15) is 0 Å². The van der Waals surface area contributed by atoms with E-state index in [0.717, 1.165) is 5.69 Å². The zero-order valence-electron chi connectivity index (χ0n) is 12.6. The summed E-state index contributed by atoms with van der Waals surface area (Å²) in [5.74, 6) is -1.19. The van der Waals surface area contributed by atoms with Crippen molar-refractivity contribution in [3.8, 4) is 5.69 Å². The largest absolute Gasteiger partial charge is 0.481 e. The van der Waals surface area contributed by atoms with Gasteiger partial charge in [0.25, 0.3) is 5.91 Å². The third-order valence-electron chi connectivity index (χ3n) is 3.46. The molecule has 0 aliphatic heterocycles. The first kappa shape index (κ1) is 15.8. The Balaban J connectivity index is 1.94. The standard InChI is InChI=1S/C16H19N3O3/c1-16(2,15(21)22)9-10-17-14(20)13-8-11-19(18-13)12-6-4-3-5-7-12/h3-8,11H,9-10H2,1-2H3,(H,17,20)(H,21,22). The van der Waals surface area contributed by atoms with Gasteiger partial charge < -0.3 is 10.4 Å². The molecule has 22 heavy (non-hydrogen) atoms. The van der Waals surface area contributed by atoms with Gasteiger partial charge in [-0.05, 0) is 38.5 Å². The van der Waals surface area contributed by atoms with Crippen molar-refractivity contribution in [1.29, 1.82) is 0 Å². The Kier molecular flexibility index (Phi) is 4.60. The minimum Gasteiger partial charge on any atom is -0.481 e. The molecule has 0 unspecified atom stereocenters. The SMILES string of the molecule is CC(C)(CCNC(=O)c1ccn(-c2ccccc2)n1)C(=O)O. The molecule has 0 atom stereocenters. The summed E-state index contributed by atoms with van der Waals surface area (Å²) >= 11 is 0. The summed E-state index contributed by atoms with van der Waals surface area (Å²) in [6.07, 6.45) is 2.07. The molecule has 2 aromatic rings. The molecule has 0 spiro atoms. The average molecular weight is 301 g/mol. The van der Waals surface area contributed by atoms with Gasteiger partial charge in [0.2, 0.25) is 0 Å². The second kappa shape index (κ2) is 6.43. The third-order valence-corrected chi connectivity index (χ3v) is 3.46. The fraction of sp³-hybridized carbons (Fsp3) is 0.312. The summed E-state index contributed by atoms with van der Waals surface area (Å²) in [6, 6.07) is 11.1. The number of hydrogen-bond donors (Lipinski definition) is 2. The van der Waals surface area contributed by atoms with Crippen molar-refractivity contribution >= 4 is 11.9 Å². The summed E-state index contributed by atoms with van der Waals surface area (Å²) in [5.41, 5.74) is 0.307. The molecule has 0 fully saturated rings. The van der Waals surface area contributed by atoms with E-state index in [1.807, 2.05) is 30.3 Å². The molecule has 0 aliphatic rings. The Bertz CT molecular complexity index is 662. The van der Waals surface area contributed by atoms with Crippen LogP contribution in [0, 0.1) is 5.41 Å². The molecule has 2 N–H and O–H groups in total. The van der Waals surface area contributed by atoms with Gasteiger partial charge in [0.05, 0.1) is 11.1 Å². The number of amides is 1. The number of carboxylic acid groups (broad SMARTS) is 1. The molecule has 0 aliphatic carbocycles. The van der Waals surface area contributed by atoms with Crippen LogP contribution in [0.3, 0.4) is 0 Å². The lowest BCUT2D eigenvalue weighted by Gasteiger charge is -2.18. The maximum Gasteiger partial charge on any atom is 0.309 e. The van der Waals surface area contributed by atoms with Crippen LogP contribution in [0.4, 0.5) is 0 Å². The first-order valence-corrected chi connectivity index (χ1v) is 7.03. The van der Waals surface area contributed by atoms with Gasteiger partial charge >= 0.3 is 5.97 Å². The zero-order valence-corrected chi connectivity index (χ0v) is 12.6. The minimum atomic E-state index is -0.880. The van der Waals surface area contributed by atoms with Crippen LogP contribution in [0.25, 0.3) is 5.69 Å². The number of aromatic nitrogens is 2. The van der Waals surface area contributed by atoms with Gasteiger partial charge in [0.15, 0.2) is 5.69 Å². The Morgan fingerprint density at radius 2 is 1.91 bits per heavy atom. The summed E-state index contributed by atoms with van der Waals surface area (Å²) in [5, 5.41) is 15.9. The smallest absolute Gasteiger partial charge is 0.309 e. The summed E-state index contributed by atoms with van der Waals surface area (Å²) < 4.78 is 1.62. The zero-order chi connectivity index (χ0) is 16.2. The first-order valence-electron chi connectivity index (χ1n) is 7.03. The molecule has 1 aromatic carbocycles. The van der Waals surface area contributed by atoms with Crippen LogP contribution >= 0.6 is 0 Å². The van der Waals surface area contributed by atoms with Gasteiger partial charge in [-0.25, -0.2) is 4.68 Å². The lowest BCUT2D eigenvalue weighted by Crippen LogP contribution is -2.32. The van der Waals surface area contributed by atoms with Gasteiger partial charge in [0, 0.05) is 12.7 Å². The van der Waals surface area contributed by atoms with Crippen LogP contribution < -0.4 is 5.32 Å². The van der Waals surface area contributed by atoms with E-state index in [4.69, 9.17) is 5.11 Å². The number of aliphatic carboxylic acids is 1. The van der Waals surface area contributed by atoms with Gasteiger partial charge in [-0.1, -0.05) is 18.2 Å². The van der Waals surface area contributed by atoms with Crippen LogP contribution in [0.1, 0.15) is 30.8 Å². The van der Waals surface area contributed by atoms with Gasteiger partial charge in [-0.3, -0.25) is 9.59 Å². The maximum atomic E-state index is 12.0. The molecule has 1 amide bonds. The minimum absolute atomic E-state index is 0.288. The number of hydrogen-bond acceptors (Lipinski definition) is 3. The normalized spacial score (nSPS) is 11.2. The second-order valence-electron chi connectivity index (χ2n) is 5.68. The number of para-hydroxylation sites is 1. The monoisotopic (exact) mass is 301 g/mol. The molecule has 6 heteroatoms. The van der Waals surface area contributed by atoms with E-state index in [-0.39, 0.29) is 12.5 Å². The topological polar surface area (TPSA) is 84.2 Å². The van der Waals surface area contributed by atoms with Crippen LogP contribution in [-0.2, 0) is 4.79 Å². The average Bonchev–Trinajstić information content (AvgIpc) is 2.97. The van der Waals surface area contributed by atoms with E-state index in [0.29, 0.717) is 12.1 Å². The van der Waals surface area contributed by atoms with Crippen molar-refractivity contribution in [3.63, 3.8) is 0 Å². The van der Waals surface area contributed by atoms with Crippen LogP contribution in [0.2, 0.25) is 0 Å². The molecule has 0 saturated heterocycles. The second-order valence-corrected chi connectivity index (χ2v) is 5.68. The number of rotatable bonds is 6. The highest BCUT2D eigenvalue weighted by atomic mass is 16.4. The van der Waals surface area contributed by atoms with Gasteiger partial charge in [-0.15, -0.1) is 0 Å². The number of nitrogens with one attached hydrogen (secondary N) is 1. The van der Waals surface area contributed by atoms with E-state index in [9.17, 15) is 9.59 Å². The van der Waals surface area contributed by atoms with Crippen LogP contribution in [0.15, 0.2) is 42.6 Å². The van der Waals surface area contributed by atoms with E-state index in [2.05, 4.69) is 10.4 Å². The van der Waals surface area contributed by atoms with E-state index in [1.54, 1.807) is 30.8 Å². The number of benzene rings is 1. The summed E-state index contributed by atoms with van der Waals surface area (Å²) in [7, 11) is 0. The van der Waals surface area contributed by atoms with Crippen molar-refractivity contribution in [2.24, 2.45) is 5.41 Å². The summed E-state index contributed by atoms with van der Waals surface area (Å²) in [6.45, 7) is 3.55. The van der Waals surface area contributed by atoms with Crippen LogP contribution in [0.5, 0.6) is 0 Å². The fourth-order valence-electron chi connectivity index (χ4n) is 1.86. The highest BCUT2D eigenvalue weighted by molar-refractivity contribution is 5.92. The lowest BCUT2D eigenvalue weighted by atomic mass is 9.90. The molecule has 0 saturated carbocycles. The first-order chi connectivity index (χ1) is 10.4. The molecule has 116 valence electrons. The van der Waals surface area contributed by atoms with E-state index < -0.39 is 11.4 Å². The number of carbonyl (C=O) groups is 2. The fourth-order valence-corrected chi connectivity index (χ4v) is 1.86. The van der Waals surface area contributed by atoms with Crippen molar-refractivity contribution in [2.75, 3.05) is 6.54 Å². The van der Waals surface area contributed by atoms with Crippen molar-refractivity contribution in [1.82, 2.24) is 15.1 Å². The Morgan fingerprint density at radius 1 is 1.23 bits per heavy atom. The number of nitrogens with zero attached hydrogens (tertiary/aromatic N) is 2. The number of carboxylic acids is 1. The van der Waals surface area contributed by atoms with Crippen molar-refractivity contribution in [3.05, 3.63) is 48.3 Å². The molecule has 0 radical (unpaired) electrons. The van der Waals surface area contributed by atoms with Crippen molar-refractivity contribution in [2.45, 2.75) is 20.3 Å². The molecular formula is C16H19N3O3. The number of carbonyl (C=O) groups excluding carboxylic acids is 1. The van der Waals surface area contributed by atoms with Gasteiger partial charge in [-0.2, -0.15) is 5.10 Å². The predicted molar refractivity (Wildman–Crippen MR) is 81.9 cm³/mol. The maximum absolute atomic E-state index is 12.0. The molecule has 2 rings (SSSR count). The Morgan fingerprint density at radius 3 is 2.55 bits per heavy atom. The van der Waals surface area contributed by atoms with E-state index >= 15 is 0 Å². The Labute approximate surface area is 128 Å².